The highest BCUT2D eigenvalue weighted by Gasteiger charge is 2.09. The first-order chi connectivity index (χ1) is 9.11. The van der Waals surface area contributed by atoms with E-state index in [0.717, 1.165) is 12.0 Å². The van der Waals surface area contributed by atoms with Gasteiger partial charge < -0.3 is 5.73 Å². The lowest BCUT2D eigenvalue weighted by atomic mass is 10.1. The molecule has 0 radical (unpaired) electrons. The van der Waals surface area contributed by atoms with Crippen LogP contribution in [0.2, 0.25) is 0 Å². The van der Waals surface area contributed by atoms with Crippen LogP contribution in [0.15, 0.2) is 41.2 Å². The minimum atomic E-state index is -0.0461. The third-order valence-corrected chi connectivity index (χ3v) is 3.21. The highest BCUT2D eigenvalue weighted by Crippen LogP contribution is 2.14. The van der Waals surface area contributed by atoms with Crippen LogP contribution >= 0.6 is 0 Å². The molecular weight excluding hydrogens is 238 g/mol. The number of benzene rings is 1. The van der Waals surface area contributed by atoms with Gasteiger partial charge in [-0.1, -0.05) is 37.3 Å². The molecule has 0 spiro atoms. The Kier molecular flexibility index (Phi) is 4.12. The van der Waals surface area contributed by atoms with Crippen LogP contribution in [-0.4, -0.2) is 15.6 Å². The average Bonchev–Trinajstić information content (AvgIpc) is 2.43. The van der Waals surface area contributed by atoms with Gasteiger partial charge in [-0.3, -0.25) is 9.36 Å². The number of hydrogen-bond donors (Lipinski definition) is 1. The van der Waals surface area contributed by atoms with Crippen LogP contribution in [0.4, 0.5) is 0 Å². The van der Waals surface area contributed by atoms with Crippen LogP contribution in [0.5, 0.6) is 0 Å². The van der Waals surface area contributed by atoms with Crippen LogP contribution in [0.25, 0.3) is 11.3 Å². The molecule has 1 aromatic carbocycles. The fraction of sp³-hybridized carbons (Fsp3) is 0.333. The van der Waals surface area contributed by atoms with Gasteiger partial charge in [0, 0.05) is 24.2 Å². The monoisotopic (exact) mass is 257 g/mol. The minimum absolute atomic E-state index is 0.0132. The first-order valence-corrected chi connectivity index (χ1v) is 6.51. The lowest BCUT2D eigenvalue weighted by molar-refractivity contribution is 0.511. The van der Waals surface area contributed by atoms with Crippen LogP contribution in [0.3, 0.4) is 0 Å². The summed E-state index contributed by atoms with van der Waals surface area (Å²) in [5, 5.41) is 0. The molecule has 100 valence electrons. The van der Waals surface area contributed by atoms with Crippen LogP contribution in [-0.2, 0) is 6.54 Å². The van der Waals surface area contributed by atoms with Gasteiger partial charge in [-0.05, 0) is 13.3 Å². The summed E-state index contributed by atoms with van der Waals surface area (Å²) in [6, 6.07) is 11.3. The molecule has 1 heterocycles. The van der Waals surface area contributed by atoms with Crippen molar-refractivity contribution in [2.75, 3.05) is 0 Å². The summed E-state index contributed by atoms with van der Waals surface area (Å²) >= 11 is 0. The summed E-state index contributed by atoms with van der Waals surface area (Å²) in [6.07, 6.45) is 0.840. The Bertz CT molecular complexity index is 605. The zero-order valence-corrected chi connectivity index (χ0v) is 11.3. The van der Waals surface area contributed by atoms with E-state index < -0.39 is 0 Å². The predicted octanol–water partition coefficient (Wildman–Crippen LogP) is 1.96. The second kappa shape index (κ2) is 5.80. The van der Waals surface area contributed by atoms with Crippen molar-refractivity contribution in [1.29, 1.82) is 0 Å². The molecule has 0 aliphatic carbocycles. The Hall–Kier alpha value is -1.94. The van der Waals surface area contributed by atoms with Crippen molar-refractivity contribution in [3.63, 3.8) is 0 Å². The second-order valence-electron chi connectivity index (χ2n) is 4.67. The van der Waals surface area contributed by atoms with Crippen LogP contribution < -0.4 is 11.3 Å². The van der Waals surface area contributed by atoms with E-state index in [2.05, 4.69) is 4.98 Å². The van der Waals surface area contributed by atoms with Crippen molar-refractivity contribution in [2.45, 2.75) is 32.9 Å². The predicted molar refractivity (Wildman–Crippen MR) is 76.9 cm³/mol. The molecule has 0 aliphatic heterocycles. The second-order valence-corrected chi connectivity index (χ2v) is 4.67. The molecule has 0 saturated carbocycles. The molecule has 0 saturated heterocycles. The van der Waals surface area contributed by atoms with Crippen molar-refractivity contribution in [2.24, 2.45) is 5.73 Å². The highest BCUT2D eigenvalue weighted by atomic mass is 16.1. The van der Waals surface area contributed by atoms with Gasteiger partial charge in [0.25, 0.3) is 5.56 Å². The van der Waals surface area contributed by atoms with Gasteiger partial charge in [-0.25, -0.2) is 4.98 Å². The standard InChI is InChI=1S/C15H19N3O/c1-3-13(16)10-18-11(2)17-14(9-15(18)19)12-7-5-4-6-8-12/h4-9,13H,3,10,16H2,1-2H3. The third kappa shape index (κ3) is 3.09. The Labute approximate surface area is 112 Å². The maximum Gasteiger partial charge on any atom is 0.254 e. The number of hydrogen-bond acceptors (Lipinski definition) is 3. The van der Waals surface area contributed by atoms with Gasteiger partial charge in [-0.15, -0.1) is 0 Å². The summed E-state index contributed by atoms with van der Waals surface area (Å²) in [4.78, 5) is 16.7. The minimum Gasteiger partial charge on any atom is -0.326 e. The van der Waals surface area contributed by atoms with Gasteiger partial charge in [0.05, 0.1) is 5.69 Å². The lowest BCUT2D eigenvalue weighted by Crippen LogP contribution is -2.33. The number of nitrogens with zero attached hydrogens (tertiary/aromatic N) is 2. The third-order valence-electron chi connectivity index (χ3n) is 3.21. The van der Waals surface area contributed by atoms with Gasteiger partial charge >= 0.3 is 0 Å². The molecule has 1 atom stereocenters. The van der Waals surface area contributed by atoms with Gasteiger partial charge in [0.15, 0.2) is 0 Å². The summed E-state index contributed by atoms with van der Waals surface area (Å²) < 4.78 is 1.64. The Morgan fingerprint density at radius 3 is 2.58 bits per heavy atom. The molecule has 4 nitrogen and oxygen atoms in total. The molecular formula is C15H19N3O. The molecule has 0 bridgehead atoms. The van der Waals surface area contributed by atoms with Crippen molar-refractivity contribution in [1.82, 2.24) is 9.55 Å². The van der Waals surface area contributed by atoms with E-state index in [-0.39, 0.29) is 11.6 Å². The van der Waals surface area contributed by atoms with Crippen molar-refractivity contribution in [3.05, 3.63) is 52.6 Å². The van der Waals surface area contributed by atoms with Crippen molar-refractivity contribution < 1.29 is 0 Å². The quantitative estimate of drug-likeness (QED) is 0.910. The number of nitrogens with two attached hydrogens (primary N) is 1. The number of rotatable bonds is 4. The molecule has 4 heteroatoms. The maximum absolute atomic E-state index is 12.2. The SMILES string of the molecule is CCC(N)Cn1c(C)nc(-c2ccccc2)cc1=O. The topological polar surface area (TPSA) is 60.9 Å². The maximum atomic E-state index is 12.2. The normalized spacial score (nSPS) is 12.4. The van der Waals surface area contributed by atoms with E-state index in [9.17, 15) is 4.79 Å². The smallest absolute Gasteiger partial charge is 0.254 e. The zero-order valence-electron chi connectivity index (χ0n) is 11.3. The van der Waals surface area contributed by atoms with Gasteiger partial charge in [0.1, 0.15) is 5.82 Å². The summed E-state index contributed by atoms with van der Waals surface area (Å²) in [7, 11) is 0. The molecule has 1 aromatic heterocycles. The summed E-state index contributed by atoms with van der Waals surface area (Å²) in [5.74, 6) is 0.704. The van der Waals surface area contributed by atoms with E-state index in [4.69, 9.17) is 5.73 Å². The van der Waals surface area contributed by atoms with Crippen molar-refractivity contribution in [3.8, 4) is 11.3 Å². The van der Waals surface area contributed by atoms with Crippen LogP contribution in [0.1, 0.15) is 19.2 Å². The van der Waals surface area contributed by atoms with Gasteiger partial charge in [0.2, 0.25) is 0 Å². The number of aryl methyl sites for hydroxylation is 1. The fourth-order valence-corrected chi connectivity index (χ4v) is 1.96. The largest absolute Gasteiger partial charge is 0.326 e. The van der Waals surface area contributed by atoms with E-state index >= 15 is 0 Å². The molecule has 2 N–H and O–H groups in total. The lowest BCUT2D eigenvalue weighted by Gasteiger charge is -2.14. The Morgan fingerprint density at radius 2 is 2.00 bits per heavy atom. The number of aromatic nitrogens is 2. The molecule has 2 aromatic rings. The first-order valence-electron chi connectivity index (χ1n) is 6.51. The fourth-order valence-electron chi connectivity index (χ4n) is 1.96. The van der Waals surface area contributed by atoms with E-state index in [0.29, 0.717) is 18.1 Å². The first kappa shape index (κ1) is 13.5. The van der Waals surface area contributed by atoms with Gasteiger partial charge in [-0.2, -0.15) is 0 Å². The summed E-state index contributed by atoms with van der Waals surface area (Å²) in [5.41, 5.74) is 7.52. The van der Waals surface area contributed by atoms with E-state index in [1.165, 1.54) is 0 Å². The van der Waals surface area contributed by atoms with E-state index in [1.54, 1.807) is 10.6 Å². The Morgan fingerprint density at radius 1 is 1.32 bits per heavy atom. The molecule has 19 heavy (non-hydrogen) atoms. The molecule has 2 rings (SSSR count). The average molecular weight is 257 g/mol. The summed E-state index contributed by atoms with van der Waals surface area (Å²) in [6.45, 7) is 4.37. The molecule has 0 amide bonds. The Balaban J connectivity index is 2.40. The van der Waals surface area contributed by atoms with Crippen LogP contribution in [0, 0.1) is 6.92 Å². The molecule has 0 aliphatic rings. The highest BCUT2D eigenvalue weighted by molar-refractivity contribution is 5.58. The molecule has 1 unspecified atom stereocenters. The van der Waals surface area contributed by atoms with Crippen molar-refractivity contribution >= 4 is 0 Å². The van der Waals surface area contributed by atoms with E-state index in [1.807, 2.05) is 44.2 Å². The molecule has 0 fully saturated rings. The zero-order chi connectivity index (χ0) is 13.8.